The fraction of sp³-hybridized carbons (Fsp3) is 0.333. The molecular weight excluding hydrogens is 214 g/mol. The third kappa shape index (κ3) is 1.95. The first-order chi connectivity index (χ1) is 8.33. The van der Waals surface area contributed by atoms with Crippen LogP contribution in [0.4, 0.5) is 0 Å². The number of nitrogens with zero attached hydrogens (tertiary/aromatic N) is 4. The maximum absolute atomic E-state index is 4.53. The van der Waals surface area contributed by atoms with Crippen molar-refractivity contribution in [3.63, 3.8) is 0 Å². The molecule has 2 aromatic rings. The minimum absolute atomic E-state index is 0.713. The van der Waals surface area contributed by atoms with E-state index in [2.05, 4.69) is 20.2 Å². The predicted octanol–water partition coefficient (Wildman–Crippen LogP) is 0.725. The zero-order valence-corrected chi connectivity index (χ0v) is 9.80. The maximum atomic E-state index is 4.53. The minimum Gasteiger partial charge on any atom is -0.351 e. The number of fused-ring (bicyclic) bond motifs is 1. The van der Waals surface area contributed by atoms with Crippen molar-refractivity contribution in [2.45, 2.75) is 6.54 Å². The summed E-state index contributed by atoms with van der Waals surface area (Å²) in [4.78, 5) is 11.0. The topological polar surface area (TPSA) is 44.9 Å². The second-order valence-electron chi connectivity index (χ2n) is 4.18. The molecule has 1 aliphatic heterocycles. The standard InChI is InChI=1S/C12H15N5/c1-16-7-5-13-12(16)14-8-10-9-17-6-3-2-4-11(17)15-10/h2-4,6,9H,5,7-8H2,1H3,(H,13,14). The first-order valence-corrected chi connectivity index (χ1v) is 5.75. The number of hydrogen-bond acceptors (Lipinski definition) is 4. The molecule has 5 nitrogen and oxygen atoms in total. The molecule has 0 aliphatic carbocycles. The van der Waals surface area contributed by atoms with E-state index in [1.54, 1.807) is 0 Å². The Morgan fingerprint density at radius 2 is 2.35 bits per heavy atom. The van der Waals surface area contributed by atoms with Gasteiger partial charge >= 0.3 is 0 Å². The number of guanidine groups is 1. The Morgan fingerprint density at radius 1 is 1.41 bits per heavy atom. The van der Waals surface area contributed by atoms with E-state index < -0.39 is 0 Å². The van der Waals surface area contributed by atoms with Crippen molar-refractivity contribution < 1.29 is 0 Å². The number of imidazole rings is 1. The molecule has 3 rings (SSSR count). The summed E-state index contributed by atoms with van der Waals surface area (Å²) >= 11 is 0. The van der Waals surface area contributed by atoms with Crippen LogP contribution in [0.2, 0.25) is 0 Å². The number of hydrogen-bond donors (Lipinski definition) is 1. The van der Waals surface area contributed by atoms with Gasteiger partial charge in [-0.05, 0) is 12.1 Å². The number of rotatable bonds is 2. The van der Waals surface area contributed by atoms with Crippen LogP contribution in [-0.2, 0) is 6.54 Å². The van der Waals surface area contributed by atoms with E-state index in [9.17, 15) is 0 Å². The predicted molar refractivity (Wildman–Crippen MR) is 67.0 cm³/mol. The van der Waals surface area contributed by atoms with Crippen LogP contribution in [0.15, 0.2) is 35.6 Å². The summed E-state index contributed by atoms with van der Waals surface area (Å²) in [5.41, 5.74) is 2.00. The SMILES string of the molecule is CN1CCN=C1NCc1cn2ccccc2n1. The first kappa shape index (κ1) is 10.1. The van der Waals surface area contributed by atoms with E-state index in [1.807, 2.05) is 42.0 Å². The Kier molecular flexibility index (Phi) is 2.44. The molecule has 1 N–H and O–H groups in total. The summed E-state index contributed by atoms with van der Waals surface area (Å²) in [7, 11) is 2.04. The Balaban J connectivity index is 1.72. The average Bonchev–Trinajstić information content (AvgIpc) is 2.92. The summed E-state index contributed by atoms with van der Waals surface area (Å²) in [6.07, 6.45) is 4.04. The van der Waals surface area contributed by atoms with Crippen molar-refractivity contribution in [2.24, 2.45) is 4.99 Å². The fourth-order valence-corrected chi connectivity index (χ4v) is 1.97. The van der Waals surface area contributed by atoms with Gasteiger partial charge in [-0.15, -0.1) is 0 Å². The van der Waals surface area contributed by atoms with Gasteiger partial charge in [-0.25, -0.2) is 4.98 Å². The zero-order valence-electron chi connectivity index (χ0n) is 9.80. The van der Waals surface area contributed by atoms with Gasteiger partial charge in [0, 0.05) is 26.0 Å². The third-order valence-electron chi connectivity index (χ3n) is 2.90. The van der Waals surface area contributed by atoms with Crippen molar-refractivity contribution in [1.82, 2.24) is 19.6 Å². The lowest BCUT2D eigenvalue weighted by molar-refractivity contribution is 0.533. The van der Waals surface area contributed by atoms with E-state index >= 15 is 0 Å². The van der Waals surface area contributed by atoms with Gasteiger partial charge in [-0.3, -0.25) is 4.99 Å². The Bertz CT molecular complexity index is 524. The molecule has 0 aromatic carbocycles. The molecule has 17 heavy (non-hydrogen) atoms. The van der Waals surface area contributed by atoms with E-state index in [4.69, 9.17) is 0 Å². The molecule has 2 aromatic heterocycles. The molecule has 0 radical (unpaired) electrons. The number of pyridine rings is 1. The summed E-state index contributed by atoms with van der Waals surface area (Å²) in [5.74, 6) is 0.960. The summed E-state index contributed by atoms with van der Waals surface area (Å²) in [5, 5.41) is 3.31. The molecule has 0 unspecified atom stereocenters. The summed E-state index contributed by atoms with van der Waals surface area (Å²) in [6, 6.07) is 6.00. The van der Waals surface area contributed by atoms with E-state index in [-0.39, 0.29) is 0 Å². The van der Waals surface area contributed by atoms with Gasteiger partial charge in [0.05, 0.1) is 18.8 Å². The Hall–Kier alpha value is -2.04. The lowest BCUT2D eigenvalue weighted by Gasteiger charge is -2.14. The van der Waals surface area contributed by atoms with Gasteiger partial charge < -0.3 is 14.6 Å². The second kappa shape index (κ2) is 4.08. The zero-order chi connectivity index (χ0) is 11.7. The Labute approximate surface area is 99.8 Å². The second-order valence-corrected chi connectivity index (χ2v) is 4.18. The summed E-state index contributed by atoms with van der Waals surface area (Å²) in [6.45, 7) is 2.59. The molecule has 1 aliphatic rings. The van der Waals surface area contributed by atoms with Gasteiger partial charge in [0.15, 0.2) is 5.96 Å². The van der Waals surface area contributed by atoms with Crippen LogP contribution in [0.1, 0.15) is 5.69 Å². The van der Waals surface area contributed by atoms with Crippen LogP contribution < -0.4 is 5.32 Å². The van der Waals surface area contributed by atoms with Crippen LogP contribution in [0, 0.1) is 0 Å². The third-order valence-corrected chi connectivity index (χ3v) is 2.90. The highest BCUT2D eigenvalue weighted by Crippen LogP contribution is 2.04. The molecular formula is C12H15N5. The molecule has 5 heteroatoms. The molecule has 0 saturated carbocycles. The first-order valence-electron chi connectivity index (χ1n) is 5.75. The normalized spacial score (nSPS) is 15.4. The minimum atomic E-state index is 0.713. The smallest absolute Gasteiger partial charge is 0.194 e. The van der Waals surface area contributed by atoms with Gasteiger partial charge in [0.25, 0.3) is 0 Å². The fourth-order valence-electron chi connectivity index (χ4n) is 1.97. The maximum Gasteiger partial charge on any atom is 0.194 e. The van der Waals surface area contributed by atoms with E-state index in [1.165, 1.54) is 0 Å². The highest BCUT2D eigenvalue weighted by Gasteiger charge is 2.11. The van der Waals surface area contributed by atoms with Crippen LogP contribution in [0.5, 0.6) is 0 Å². The number of nitrogens with one attached hydrogen (secondary N) is 1. The molecule has 0 amide bonds. The van der Waals surface area contributed by atoms with Gasteiger partial charge in [-0.1, -0.05) is 6.07 Å². The molecule has 0 fully saturated rings. The lowest BCUT2D eigenvalue weighted by atomic mass is 10.5. The van der Waals surface area contributed by atoms with Crippen LogP contribution in [0.25, 0.3) is 5.65 Å². The number of likely N-dealkylation sites (N-methyl/N-ethyl adjacent to an activating group) is 1. The van der Waals surface area contributed by atoms with Gasteiger partial charge in [0.2, 0.25) is 0 Å². The summed E-state index contributed by atoms with van der Waals surface area (Å²) < 4.78 is 2.02. The van der Waals surface area contributed by atoms with Crippen LogP contribution >= 0.6 is 0 Å². The van der Waals surface area contributed by atoms with Crippen LogP contribution in [-0.4, -0.2) is 40.4 Å². The molecule has 88 valence electrons. The van der Waals surface area contributed by atoms with E-state index in [0.29, 0.717) is 6.54 Å². The van der Waals surface area contributed by atoms with Gasteiger partial charge in [-0.2, -0.15) is 0 Å². The average molecular weight is 229 g/mol. The van der Waals surface area contributed by atoms with Gasteiger partial charge in [0.1, 0.15) is 5.65 Å². The molecule has 0 bridgehead atoms. The van der Waals surface area contributed by atoms with Crippen LogP contribution in [0.3, 0.4) is 0 Å². The Morgan fingerprint density at radius 3 is 3.12 bits per heavy atom. The lowest BCUT2D eigenvalue weighted by Crippen LogP contribution is -2.35. The van der Waals surface area contributed by atoms with Crippen molar-refractivity contribution in [3.8, 4) is 0 Å². The monoisotopic (exact) mass is 229 g/mol. The van der Waals surface area contributed by atoms with Crippen molar-refractivity contribution in [3.05, 3.63) is 36.3 Å². The molecule has 0 saturated heterocycles. The largest absolute Gasteiger partial charge is 0.351 e. The molecule has 0 spiro atoms. The number of aliphatic imine (C=N–C) groups is 1. The quantitative estimate of drug-likeness (QED) is 0.825. The highest BCUT2D eigenvalue weighted by atomic mass is 15.3. The molecule has 0 atom stereocenters. The van der Waals surface area contributed by atoms with Crippen molar-refractivity contribution in [2.75, 3.05) is 20.1 Å². The van der Waals surface area contributed by atoms with Crippen molar-refractivity contribution in [1.29, 1.82) is 0 Å². The highest BCUT2D eigenvalue weighted by molar-refractivity contribution is 5.81. The number of aromatic nitrogens is 2. The molecule has 3 heterocycles. The van der Waals surface area contributed by atoms with Crippen molar-refractivity contribution >= 4 is 11.6 Å². The van der Waals surface area contributed by atoms with E-state index in [0.717, 1.165) is 30.4 Å².